The highest BCUT2D eigenvalue weighted by molar-refractivity contribution is 7.92. The van der Waals surface area contributed by atoms with E-state index in [1.165, 1.54) is 12.3 Å². The van der Waals surface area contributed by atoms with Crippen LogP contribution in [0.3, 0.4) is 0 Å². The van der Waals surface area contributed by atoms with Crippen LogP contribution in [0.4, 0.5) is 11.4 Å². The summed E-state index contributed by atoms with van der Waals surface area (Å²) < 4.78 is 32.3. The molecule has 0 amide bonds. The first kappa shape index (κ1) is 15.3. The molecule has 0 aliphatic rings. The van der Waals surface area contributed by atoms with Crippen LogP contribution in [0.2, 0.25) is 0 Å². The third kappa shape index (κ3) is 3.71. The van der Waals surface area contributed by atoms with Crippen molar-refractivity contribution in [3.8, 4) is 0 Å². The summed E-state index contributed by atoms with van der Waals surface area (Å²) in [4.78, 5) is 3.84. The molecule has 21 heavy (non-hydrogen) atoms. The molecule has 0 aliphatic heterocycles. The molecule has 2 rings (SSSR count). The maximum atomic E-state index is 12.4. The zero-order chi connectivity index (χ0) is 15.3. The van der Waals surface area contributed by atoms with Gasteiger partial charge < -0.3 is 10.5 Å². The average molecular weight is 307 g/mol. The quantitative estimate of drug-likeness (QED) is 0.846. The molecule has 0 saturated carbocycles. The summed E-state index contributed by atoms with van der Waals surface area (Å²) >= 11 is 0. The van der Waals surface area contributed by atoms with Crippen LogP contribution < -0.4 is 10.5 Å². The molecule has 1 aromatic carbocycles. The molecule has 2 aromatic rings. The topological polar surface area (TPSA) is 94.3 Å². The van der Waals surface area contributed by atoms with E-state index in [1.54, 1.807) is 25.3 Å². The second-order valence-electron chi connectivity index (χ2n) is 4.40. The minimum atomic E-state index is -3.82. The lowest BCUT2D eigenvalue weighted by Crippen LogP contribution is -2.17. The molecule has 0 atom stereocenters. The standard InChI is InChI=1S/C14H17N3O3S/c1-20-10-8-11-5-2-3-7-13(11)17-21(18,19)14-12(15)6-4-9-16-14/h2-7,9,17H,8,10,15H2,1H3. The van der Waals surface area contributed by atoms with Crippen molar-refractivity contribution in [2.45, 2.75) is 11.4 Å². The van der Waals surface area contributed by atoms with Gasteiger partial charge in [-0.25, -0.2) is 4.98 Å². The Balaban J connectivity index is 2.31. The number of methoxy groups -OCH3 is 1. The van der Waals surface area contributed by atoms with Gasteiger partial charge in [-0.15, -0.1) is 0 Å². The Hall–Kier alpha value is -2.12. The number of nitrogens with one attached hydrogen (secondary N) is 1. The first-order valence-corrected chi connectivity index (χ1v) is 7.83. The minimum Gasteiger partial charge on any atom is -0.396 e. The van der Waals surface area contributed by atoms with Crippen molar-refractivity contribution < 1.29 is 13.2 Å². The number of aromatic nitrogens is 1. The summed E-state index contributed by atoms with van der Waals surface area (Å²) in [5, 5.41) is -0.174. The zero-order valence-corrected chi connectivity index (χ0v) is 12.4. The molecule has 0 radical (unpaired) electrons. The van der Waals surface area contributed by atoms with Crippen LogP contribution in [-0.4, -0.2) is 27.1 Å². The van der Waals surface area contributed by atoms with Gasteiger partial charge in [0.2, 0.25) is 0 Å². The van der Waals surface area contributed by atoms with Crippen LogP contribution in [0.15, 0.2) is 47.6 Å². The van der Waals surface area contributed by atoms with Crippen molar-refractivity contribution in [1.82, 2.24) is 4.98 Å². The number of anilines is 2. The van der Waals surface area contributed by atoms with E-state index in [-0.39, 0.29) is 10.7 Å². The number of para-hydroxylation sites is 1. The lowest BCUT2D eigenvalue weighted by atomic mass is 10.1. The molecule has 0 saturated heterocycles. The molecule has 1 heterocycles. The highest BCUT2D eigenvalue weighted by atomic mass is 32.2. The van der Waals surface area contributed by atoms with Crippen molar-refractivity contribution in [1.29, 1.82) is 0 Å². The smallest absolute Gasteiger partial charge is 0.281 e. The fraction of sp³-hybridized carbons (Fsp3) is 0.214. The number of benzene rings is 1. The van der Waals surface area contributed by atoms with Crippen molar-refractivity contribution in [2.24, 2.45) is 0 Å². The van der Waals surface area contributed by atoms with Crippen molar-refractivity contribution in [3.63, 3.8) is 0 Å². The van der Waals surface area contributed by atoms with Gasteiger partial charge in [-0.3, -0.25) is 4.72 Å². The van der Waals surface area contributed by atoms with Crippen LogP contribution in [0.1, 0.15) is 5.56 Å². The van der Waals surface area contributed by atoms with Gasteiger partial charge in [-0.1, -0.05) is 18.2 Å². The fourth-order valence-corrected chi connectivity index (χ4v) is 3.03. The summed E-state index contributed by atoms with van der Waals surface area (Å²) in [5.74, 6) is 0. The highest BCUT2D eigenvalue weighted by Crippen LogP contribution is 2.22. The predicted molar refractivity (Wildman–Crippen MR) is 81.5 cm³/mol. The molecule has 0 aliphatic carbocycles. The van der Waals surface area contributed by atoms with Gasteiger partial charge in [0.05, 0.1) is 18.0 Å². The molecule has 0 bridgehead atoms. The largest absolute Gasteiger partial charge is 0.396 e. The van der Waals surface area contributed by atoms with Gasteiger partial charge in [0, 0.05) is 13.3 Å². The molecule has 0 spiro atoms. The Morgan fingerprint density at radius 2 is 2.00 bits per heavy atom. The van der Waals surface area contributed by atoms with Gasteiger partial charge in [0.1, 0.15) is 0 Å². The van der Waals surface area contributed by atoms with Gasteiger partial charge in [0.15, 0.2) is 5.03 Å². The predicted octanol–water partition coefficient (Wildman–Crippen LogP) is 1.65. The summed E-state index contributed by atoms with van der Waals surface area (Å²) in [5.41, 5.74) is 7.13. The lowest BCUT2D eigenvalue weighted by molar-refractivity contribution is 0.202. The van der Waals surface area contributed by atoms with E-state index in [9.17, 15) is 8.42 Å². The first-order valence-electron chi connectivity index (χ1n) is 6.35. The van der Waals surface area contributed by atoms with Crippen LogP contribution in [0.5, 0.6) is 0 Å². The molecule has 0 fully saturated rings. The number of nitrogen functional groups attached to an aromatic ring is 1. The molecule has 112 valence electrons. The number of hydrogen-bond acceptors (Lipinski definition) is 5. The van der Waals surface area contributed by atoms with Crippen LogP contribution >= 0.6 is 0 Å². The first-order chi connectivity index (χ1) is 10.0. The summed E-state index contributed by atoms with van der Waals surface area (Å²) in [6.45, 7) is 0.504. The van der Waals surface area contributed by atoms with E-state index in [0.717, 1.165) is 5.56 Å². The van der Waals surface area contributed by atoms with Gasteiger partial charge in [-0.2, -0.15) is 8.42 Å². The average Bonchev–Trinajstić information content (AvgIpc) is 2.46. The molecule has 0 unspecified atom stereocenters. The monoisotopic (exact) mass is 307 g/mol. The molecule has 1 aromatic heterocycles. The molecular weight excluding hydrogens is 290 g/mol. The van der Waals surface area contributed by atoms with E-state index in [0.29, 0.717) is 18.7 Å². The van der Waals surface area contributed by atoms with Gasteiger partial charge in [0.25, 0.3) is 10.0 Å². The number of rotatable bonds is 6. The Morgan fingerprint density at radius 3 is 2.71 bits per heavy atom. The van der Waals surface area contributed by atoms with Crippen LogP contribution in [0.25, 0.3) is 0 Å². The van der Waals surface area contributed by atoms with Crippen molar-refractivity contribution >= 4 is 21.4 Å². The Bertz CT molecular complexity index is 717. The van der Waals surface area contributed by atoms with Crippen molar-refractivity contribution in [3.05, 3.63) is 48.2 Å². The lowest BCUT2D eigenvalue weighted by Gasteiger charge is -2.12. The molecular formula is C14H17N3O3S. The SMILES string of the molecule is COCCc1ccccc1NS(=O)(=O)c1ncccc1N. The number of hydrogen-bond donors (Lipinski definition) is 2. The third-order valence-corrected chi connectivity index (χ3v) is 4.23. The number of pyridine rings is 1. The normalized spacial score (nSPS) is 11.3. The minimum absolute atomic E-state index is 0.111. The third-order valence-electron chi connectivity index (χ3n) is 2.89. The second kappa shape index (κ2) is 6.55. The van der Waals surface area contributed by atoms with E-state index >= 15 is 0 Å². The Morgan fingerprint density at radius 1 is 1.24 bits per heavy atom. The van der Waals surface area contributed by atoms with Crippen LogP contribution in [0, 0.1) is 0 Å². The summed E-state index contributed by atoms with van der Waals surface area (Å²) in [7, 11) is -2.22. The second-order valence-corrected chi connectivity index (χ2v) is 6.00. The van der Waals surface area contributed by atoms with E-state index in [4.69, 9.17) is 10.5 Å². The summed E-state index contributed by atoms with van der Waals surface area (Å²) in [6.07, 6.45) is 1.99. The van der Waals surface area contributed by atoms with E-state index in [1.807, 2.05) is 12.1 Å². The summed E-state index contributed by atoms with van der Waals surface area (Å²) in [6, 6.07) is 10.2. The van der Waals surface area contributed by atoms with Gasteiger partial charge >= 0.3 is 0 Å². The number of sulfonamides is 1. The van der Waals surface area contributed by atoms with Crippen LogP contribution in [-0.2, 0) is 21.2 Å². The van der Waals surface area contributed by atoms with E-state index in [2.05, 4.69) is 9.71 Å². The number of nitrogens with zero attached hydrogens (tertiary/aromatic N) is 1. The number of ether oxygens (including phenoxy) is 1. The fourth-order valence-electron chi connectivity index (χ4n) is 1.87. The zero-order valence-electron chi connectivity index (χ0n) is 11.6. The van der Waals surface area contributed by atoms with Gasteiger partial charge in [-0.05, 0) is 30.2 Å². The Labute approximate surface area is 124 Å². The maximum Gasteiger partial charge on any atom is 0.281 e. The van der Waals surface area contributed by atoms with Crippen molar-refractivity contribution in [2.75, 3.05) is 24.2 Å². The maximum absolute atomic E-state index is 12.4. The Kier molecular flexibility index (Phi) is 4.77. The molecule has 6 nitrogen and oxygen atoms in total. The van der Waals surface area contributed by atoms with E-state index < -0.39 is 10.0 Å². The molecule has 3 N–H and O–H groups in total. The molecule has 7 heteroatoms. The number of nitrogens with two attached hydrogens (primary N) is 1. The highest BCUT2D eigenvalue weighted by Gasteiger charge is 2.19.